The van der Waals surface area contributed by atoms with Crippen molar-refractivity contribution >= 4 is 33.7 Å². The van der Waals surface area contributed by atoms with Gasteiger partial charge in [0.1, 0.15) is 17.5 Å². The Morgan fingerprint density at radius 3 is 2.54 bits per heavy atom. The molecule has 0 saturated heterocycles. The molecule has 142 valence electrons. The van der Waals surface area contributed by atoms with E-state index in [0.29, 0.717) is 0 Å². The van der Waals surface area contributed by atoms with Crippen LogP contribution in [0.1, 0.15) is 62.5 Å². The van der Waals surface area contributed by atoms with Gasteiger partial charge in [0.15, 0.2) is 0 Å². The maximum atomic E-state index is 14.4. The van der Waals surface area contributed by atoms with E-state index in [9.17, 15) is 18.8 Å². The number of carbonyl (C=O) groups excluding carboxylic acids is 3. The molecule has 0 aromatic heterocycles. The SMILES string of the molecule is CC1c2c(ccc(Br)c2F)C(=O)N1[C@@H](CCC(=O)OC(C)(C)C)C(N)=O. The highest BCUT2D eigenvalue weighted by molar-refractivity contribution is 9.10. The quantitative estimate of drug-likeness (QED) is 0.729. The second-order valence-corrected chi connectivity index (χ2v) is 8.11. The molecule has 0 fully saturated rings. The molecule has 1 unspecified atom stereocenters. The molecule has 1 heterocycles. The first-order chi connectivity index (χ1) is 11.9. The fourth-order valence-corrected chi connectivity index (χ4v) is 3.44. The van der Waals surface area contributed by atoms with E-state index in [1.807, 2.05) is 0 Å². The van der Waals surface area contributed by atoms with Crippen LogP contribution < -0.4 is 5.73 Å². The molecular weight excluding hydrogens is 407 g/mol. The van der Waals surface area contributed by atoms with Gasteiger partial charge in [0.25, 0.3) is 5.91 Å². The van der Waals surface area contributed by atoms with Crippen molar-refractivity contribution in [3.8, 4) is 0 Å². The van der Waals surface area contributed by atoms with Crippen molar-refractivity contribution in [2.24, 2.45) is 5.73 Å². The largest absolute Gasteiger partial charge is 0.460 e. The van der Waals surface area contributed by atoms with Crippen LogP contribution in [0.3, 0.4) is 0 Å². The van der Waals surface area contributed by atoms with Crippen molar-refractivity contribution in [2.75, 3.05) is 0 Å². The monoisotopic (exact) mass is 428 g/mol. The number of esters is 1. The molecule has 1 aromatic rings. The highest BCUT2D eigenvalue weighted by Gasteiger charge is 2.42. The predicted molar refractivity (Wildman–Crippen MR) is 96.7 cm³/mol. The summed E-state index contributed by atoms with van der Waals surface area (Å²) in [6, 6.07) is 1.25. The lowest BCUT2D eigenvalue weighted by molar-refractivity contribution is -0.155. The Hall–Kier alpha value is -1.96. The highest BCUT2D eigenvalue weighted by Crippen LogP contribution is 2.39. The number of carbonyl (C=O) groups is 3. The number of amides is 2. The van der Waals surface area contributed by atoms with Gasteiger partial charge in [-0.15, -0.1) is 0 Å². The normalized spacial score (nSPS) is 17.8. The maximum Gasteiger partial charge on any atom is 0.306 e. The zero-order valence-electron chi connectivity index (χ0n) is 15.1. The van der Waals surface area contributed by atoms with Crippen LogP contribution in [0, 0.1) is 5.82 Å². The first-order valence-corrected chi connectivity index (χ1v) is 9.05. The Labute approximate surface area is 160 Å². The van der Waals surface area contributed by atoms with Crippen molar-refractivity contribution in [3.05, 3.63) is 33.5 Å². The molecule has 26 heavy (non-hydrogen) atoms. The van der Waals surface area contributed by atoms with Crippen molar-refractivity contribution < 1.29 is 23.5 Å². The van der Waals surface area contributed by atoms with Crippen LogP contribution >= 0.6 is 15.9 Å². The van der Waals surface area contributed by atoms with Crippen LogP contribution in [-0.4, -0.2) is 34.3 Å². The van der Waals surface area contributed by atoms with Gasteiger partial charge in [0.05, 0.1) is 10.5 Å². The average Bonchev–Trinajstić information content (AvgIpc) is 2.74. The standard InChI is InChI=1S/C18H22BrFN2O4/c1-9-14-10(5-6-11(19)15(14)20)17(25)22(9)12(16(21)24)7-8-13(23)26-18(2,3)4/h5-6,9,12H,7-8H2,1-4H3,(H2,21,24)/t9?,12-/m0/s1. The number of benzene rings is 1. The third-order valence-corrected chi connectivity index (χ3v) is 4.75. The van der Waals surface area contributed by atoms with E-state index >= 15 is 0 Å². The van der Waals surface area contributed by atoms with Gasteiger partial charge in [-0.1, -0.05) is 0 Å². The van der Waals surface area contributed by atoms with Crippen molar-refractivity contribution in [1.82, 2.24) is 4.90 Å². The van der Waals surface area contributed by atoms with Gasteiger partial charge in [-0.05, 0) is 62.2 Å². The summed E-state index contributed by atoms with van der Waals surface area (Å²) in [5, 5.41) is 0. The van der Waals surface area contributed by atoms with Crippen LogP contribution in [0.25, 0.3) is 0 Å². The number of rotatable bonds is 5. The van der Waals surface area contributed by atoms with Gasteiger partial charge in [0.2, 0.25) is 5.91 Å². The number of nitrogens with zero attached hydrogens (tertiary/aromatic N) is 1. The Bertz CT molecular complexity index is 760. The maximum absolute atomic E-state index is 14.4. The second kappa shape index (κ2) is 7.34. The summed E-state index contributed by atoms with van der Waals surface area (Å²) in [6.07, 6.45) is -0.0684. The molecule has 2 atom stereocenters. The number of hydrogen-bond donors (Lipinski definition) is 1. The highest BCUT2D eigenvalue weighted by atomic mass is 79.9. The van der Waals surface area contributed by atoms with Gasteiger partial charge in [0, 0.05) is 17.5 Å². The number of primary amides is 1. The van der Waals surface area contributed by atoms with Crippen LogP contribution in [0.2, 0.25) is 0 Å². The van der Waals surface area contributed by atoms with E-state index in [1.165, 1.54) is 17.0 Å². The molecule has 0 bridgehead atoms. The third-order valence-electron chi connectivity index (χ3n) is 4.14. The van der Waals surface area contributed by atoms with Gasteiger partial charge < -0.3 is 15.4 Å². The lowest BCUT2D eigenvalue weighted by atomic mass is 10.0. The van der Waals surface area contributed by atoms with Crippen molar-refractivity contribution in [1.29, 1.82) is 0 Å². The van der Waals surface area contributed by atoms with E-state index < -0.39 is 41.3 Å². The predicted octanol–water partition coefficient (Wildman–Crippen LogP) is 3.08. The summed E-state index contributed by atoms with van der Waals surface area (Å²) < 4.78 is 19.9. The lowest BCUT2D eigenvalue weighted by Crippen LogP contribution is -2.46. The van der Waals surface area contributed by atoms with Crippen molar-refractivity contribution in [2.45, 2.75) is 58.2 Å². The Morgan fingerprint density at radius 1 is 1.38 bits per heavy atom. The second-order valence-electron chi connectivity index (χ2n) is 7.25. The molecule has 1 aliphatic heterocycles. The summed E-state index contributed by atoms with van der Waals surface area (Å²) in [5.41, 5.74) is 5.23. The molecule has 1 aromatic carbocycles. The first-order valence-electron chi connectivity index (χ1n) is 8.25. The lowest BCUT2D eigenvalue weighted by Gasteiger charge is -2.30. The van der Waals surface area contributed by atoms with Gasteiger partial charge >= 0.3 is 5.97 Å². The minimum absolute atomic E-state index is 0.0110. The molecule has 2 N–H and O–H groups in total. The number of fused-ring (bicyclic) bond motifs is 1. The fraction of sp³-hybridized carbons (Fsp3) is 0.500. The molecule has 0 spiro atoms. The minimum Gasteiger partial charge on any atom is -0.460 e. The molecule has 8 heteroatoms. The number of hydrogen-bond acceptors (Lipinski definition) is 4. The number of ether oxygens (including phenoxy) is 1. The minimum atomic E-state index is -1.03. The van der Waals surface area contributed by atoms with Crippen LogP contribution in [0.4, 0.5) is 4.39 Å². The smallest absolute Gasteiger partial charge is 0.306 e. The average molecular weight is 429 g/mol. The molecule has 0 aliphatic carbocycles. The van der Waals surface area contributed by atoms with E-state index in [2.05, 4.69) is 15.9 Å². The van der Waals surface area contributed by atoms with E-state index in [-0.39, 0.29) is 28.4 Å². The Kier molecular flexibility index (Phi) is 5.75. The van der Waals surface area contributed by atoms with Gasteiger partial charge in [-0.25, -0.2) is 4.39 Å². The summed E-state index contributed by atoms with van der Waals surface area (Å²) >= 11 is 3.10. The Balaban J connectivity index is 2.23. The molecule has 6 nitrogen and oxygen atoms in total. The van der Waals surface area contributed by atoms with Crippen LogP contribution in [0.15, 0.2) is 16.6 Å². The van der Waals surface area contributed by atoms with Gasteiger partial charge in [-0.3, -0.25) is 14.4 Å². The topological polar surface area (TPSA) is 89.7 Å². The molecule has 0 saturated carbocycles. The zero-order valence-corrected chi connectivity index (χ0v) is 16.7. The summed E-state index contributed by atoms with van der Waals surface area (Å²) in [6.45, 7) is 6.84. The molecular formula is C18H22BrFN2O4. The zero-order chi connectivity index (χ0) is 19.8. The Morgan fingerprint density at radius 2 is 2.00 bits per heavy atom. The summed E-state index contributed by atoms with van der Waals surface area (Å²) in [7, 11) is 0. The third kappa shape index (κ3) is 4.06. The molecule has 0 radical (unpaired) electrons. The summed E-state index contributed by atoms with van der Waals surface area (Å²) in [5.74, 6) is -2.26. The number of halogens is 2. The van der Waals surface area contributed by atoms with E-state index in [4.69, 9.17) is 10.5 Å². The molecule has 1 aliphatic rings. The van der Waals surface area contributed by atoms with E-state index in [1.54, 1.807) is 27.7 Å². The summed E-state index contributed by atoms with van der Waals surface area (Å²) in [4.78, 5) is 37.8. The number of nitrogens with two attached hydrogens (primary N) is 1. The van der Waals surface area contributed by atoms with Gasteiger partial charge in [-0.2, -0.15) is 0 Å². The van der Waals surface area contributed by atoms with Crippen molar-refractivity contribution in [3.63, 3.8) is 0 Å². The first kappa shape index (κ1) is 20.4. The van der Waals surface area contributed by atoms with Crippen LogP contribution in [-0.2, 0) is 14.3 Å². The van der Waals surface area contributed by atoms with E-state index in [0.717, 1.165) is 0 Å². The molecule has 2 rings (SSSR count). The molecule has 2 amide bonds. The fourth-order valence-electron chi connectivity index (χ4n) is 3.09. The van der Waals surface area contributed by atoms with Crippen LogP contribution in [0.5, 0.6) is 0 Å².